The van der Waals surface area contributed by atoms with Crippen LogP contribution >= 0.6 is 0 Å². The van der Waals surface area contributed by atoms with E-state index < -0.39 is 17.6 Å². The highest BCUT2D eigenvalue weighted by molar-refractivity contribution is 5.90. The van der Waals surface area contributed by atoms with E-state index in [1.807, 2.05) is 42.5 Å². The van der Waals surface area contributed by atoms with Crippen LogP contribution in [0.3, 0.4) is 0 Å². The van der Waals surface area contributed by atoms with E-state index in [0.29, 0.717) is 22.3 Å². The van der Waals surface area contributed by atoms with Gasteiger partial charge in [-0.15, -0.1) is 0 Å². The van der Waals surface area contributed by atoms with Gasteiger partial charge in [-0.25, -0.2) is 4.79 Å². The number of carbonyl (C=O) groups excluding carboxylic acids is 2. The molecule has 32 heavy (non-hydrogen) atoms. The second-order valence-corrected chi connectivity index (χ2v) is 7.54. The van der Waals surface area contributed by atoms with Crippen molar-refractivity contribution in [3.05, 3.63) is 88.3 Å². The Bertz CT molecular complexity index is 1380. The Hall–Kier alpha value is -4.13. The van der Waals surface area contributed by atoms with Gasteiger partial charge < -0.3 is 20.2 Å². The first kappa shape index (κ1) is 21.1. The number of fused-ring (bicyclic) bond motifs is 2. The van der Waals surface area contributed by atoms with Gasteiger partial charge in [-0.3, -0.25) is 9.59 Å². The maximum Gasteiger partial charge on any atom is 0.336 e. The predicted molar refractivity (Wildman–Crippen MR) is 122 cm³/mol. The lowest BCUT2D eigenvalue weighted by Crippen LogP contribution is -2.46. The summed E-state index contributed by atoms with van der Waals surface area (Å²) >= 11 is 0. The normalized spacial score (nSPS) is 11.9. The van der Waals surface area contributed by atoms with E-state index in [-0.39, 0.29) is 18.7 Å². The second kappa shape index (κ2) is 8.93. The molecule has 1 atom stereocenters. The third-order valence-electron chi connectivity index (χ3n) is 5.32. The summed E-state index contributed by atoms with van der Waals surface area (Å²) in [6.07, 6.45) is 0.163. The molecule has 4 aromatic rings. The number of amides is 2. The number of nitrogens with two attached hydrogens (primary N) is 1. The molecular weight excluding hydrogens is 408 g/mol. The number of primary amides is 1. The maximum absolute atomic E-state index is 12.7. The molecule has 3 N–H and O–H groups in total. The van der Waals surface area contributed by atoms with Crippen molar-refractivity contribution in [1.82, 2.24) is 5.32 Å². The van der Waals surface area contributed by atoms with Crippen LogP contribution in [-0.2, 0) is 22.4 Å². The Morgan fingerprint density at radius 1 is 1.03 bits per heavy atom. The fourth-order valence-corrected chi connectivity index (χ4v) is 3.73. The summed E-state index contributed by atoms with van der Waals surface area (Å²) in [5, 5.41) is 5.45. The van der Waals surface area contributed by atoms with Gasteiger partial charge in [0, 0.05) is 23.9 Å². The zero-order valence-electron chi connectivity index (χ0n) is 17.5. The van der Waals surface area contributed by atoms with Crippen molar-refractivity contribution < 1.29 is 18.7 Å². The number of hydrogen-bond donors (Lipinski definition) is 2. The summed E-state index contributed by atoms with van der Waals surface area (Å²) in [6, 6.07) is 19.0. The number of nitrogens with one attached hydrogen (secondary N) is 1. The second-order valence-electron chi connectivity index (χ2n) is 7.54. The van der Waals surface area contributed by atoms with E-state index in [9.17, 15) is 14.4 Å². The van der Waals surface area contributed by atoms with Crippen molar-refractivity contribution >= 4 is 33.6 Å². The summed E-state index contributed by atoms with van der Waals surface area (Å²) in [5.41, 5.74) is 6.69. The summed E-state index contributed by atoms with van der Waals surface area (Å²) < 4.78 is 10.4. The monoisotopic (exact) mass is 430 g/mol. The van der Waals surface area contributed by atoms with Gasteiger partial charge in [-0.1, -0.05) is 42.5 Å². The number of methoxy groups -OCH3 is 1. The van der Waals surface area contributed by atoms with Gasteiger partial charge in [0.05, 0.1) is 13.5 Å². The van der Waals surface area contributed by atoms with Crippen LogP contribution in [0.15, 0.2) is 75.9 Å². The Morgan fingerprint density at radius 3 is 2.56 bits per heavy atom. The van der Waals surface area contributed by atoms with Crippen molar-refractivity contribution in [2.24, 2.45) is 5.73 Å². The molecule has 1 aromatic heterocycles. The summed E-state index contributed by atoms with van der Waals surface area (Å²) in [5.74, 6) is -0.488. The van der Waals surface area contributed by atoms with Crippen LogP contribution in [-0.4, -0.2) is 25.0 Å². The third-order valence-corrected chi connectivity index (χ3v) is 5.32. The molecule has 0 radical (unpaired) electrons. The van der Waals surface area contributed by atoms with Gasteiger partial charge in [-0.2, -0.15) is 0 Å². The molecule has 0 aliphatic heterocycles. The van der Waals surface area contributed by atoms with E-state index in [0.717, 1.165) is 16.3 Å². The lowest BCUT2D eigenvalue weighted by atomic mass is 10.0. The van der Waals surface area contributed by atoms with Crippen LogP contribution in [0.5, 0.6) is 5.75 Å². The van der Waals surface area contributed by atoms with Crippen LogP contribution in [0.4, 0.5) is 0 Å². The first-order chi connectivity index (χ1) is 15.4. The lowest BCUT2D eigenvalue weighted by Gasteiger charge is -2.17. The Balaban J connectivity index is 1.54. The SMILES string of the molecule is COc1ccc2c(C[C@H](NC(=O)Cc3ccc4ccccc4c3)C(N)=O)cc(=O)oc2c1. The smallest absolute Gasteiger partial charge is 0.336 e. The minimum atomic E-state index is -0.977. The molecular formula is C25H22N2O5. The number of hydrogen-bond acceptors (Lipinski definition) is 5. The Kier molecular flexibility index (Phi) is 5.89. The summed E-state index contributed by atoms with van der Waals surface area (Å²) in [4.78, 5) is 36.7. The van der Waals surface area contributed by atoms with Gasteiger partial charge in [-0.05, 0) is 34.0 Å². The maximum atomic E-state index is 12.7. The number of ether oxygens (including phenoxy) is 1. The standard InChI is InChI=1S/C25H22N2O5/c1-31-19-8-9-20-18(13-24(29)32-22(20)14-19)12-21(25(26)30)27-23(28)11-15-6-7-16-4-2-3-5-17(16)10-15/h2-10,13-14,21H,11-12H2,1H3,(H2,26,30)(H,27,28)/t21-/m0/s1. The average Bonchev–Trinajstić information content (AvgIpc) is 2.77. The predicted octanol–water partition coefficient (Wildman–Crippen LogP) is 2.71. The van der Waals surface area contributed by atoms with Crippen molar-refractivity contribution in [2.75, 3.05) is 7.11 Å². The van der Waals surface area contributed by atoms with E-state index in [1.165, 1.54) is 13.2 Å². The highest BCUT2D eigenvalue weighted by atomic mass is 16.5. The Labute approximate surface area is 183 Å². The molecule has 0 unspecified atom stereocenters. The van der Waals surface area contributed by atoms with Crippen LogP contribution in [0, 0.1) is 0 Å². The highest BCUT2D eigenvalue weighted by Crippen LogP contribution is 2.23. The molecule has 162 valence electrons. The van der Waals surface area contributed by atoms with Gasteiger partial charge in [0.15, 0.2) is 0 Å². The Morgan fingerprint density at radius 2 is 1.81 bits per heavy atom. The van der Waals surface area contributed by atoms with Crippen molar-refractivity contribution in [3.63, 3.8) is 0 Å². The zero-order chi connectivity index (χ0) is 22.7. The quantitative estimate of drug-likeness (QED) is 0.438. The molecule has 0 fully saturated rings. The minimum absolute atomic E-state index is 0.0627. The first-order valence-electron chi connectivity index (χ1n) is 10.1. The van der Waals surface area contributed by atoms with Gasteiger partial charge in [0.1, 0.15) is 17.4 Å². The number of carbonyl (C=O) groups is 2. The number of benzene rings is 3. The molecule has 0 saturated heterocycles. The van der Waals surface area contributed by atoms with E-state index >= 15 is 0 Å². The molecule has 7 nitrogen and oxygen atoms in total. The zero-order valence-corrected chi connectivity index (χ0v) is 17.5. The highest BCUT2D eigenvalue weighted by Gasteiger charge is 2.21. The lowest BCUT2D eigenvalue weighted by molar-refractivity contribution is -0.126. The first-order valence-corrected chi connectivity index (χ1v) is 10.1. The number of rotatable bonds is 7. The fourth-order valence-electron chi connectivity index (χ4n) is 3.73. The van der Waals surface area contributed by atoms with Crippen LogP contribution in [0.1, 0.15) is 11.1 Å². The topological polar surface area (TPSA) is 112 Å². The molecule has 1 heterocycles. The van der Waals surface area contributed by atoms with Crippen molar-refractivity contribution in [3.8, 4) is 5.75 Å². The molecule has 0 aliphatic carbocycles. The van der Waals surface area contributed by atoms with Gasteiger partial charge in [0.2, 0.25) is 11.8 Å². The average molecular weight is 430 g/mol. The van der Waals surface area contributed by atoms with E-state index in [4.69, 9.17) is 14.9 Å². The van der Waals surface area contributed by atoms with Crippen LogP contribution < -0.4 is 21.4 Å². The van der Waals surface area contributed by atoms with Gasteiger partial charge in [0.25, 0.3) is 0 Å². The van der Waals surface area contributed by atoms with E-state index in [2.05, 4.69) is 5.32 Å². The van der Waals surface area contributed by atoms with Crippen molar-refractivity contribution in [1.29, 1.82) is 0 Å². The molecule has 2 amide bonds. The molecule has 0 saturated carbocycles. The summed E-state index contributed by atoms with van der Waals surface area (Å²) in [6.45, 7) is 0. The van der Waals surface area contributed by atoms with Crippen LogP contribution in [0.2, 0.25) is 0 Å². The molecule has 0 bridgehead atoms. The molecule has 0 aliphatic rings. The van der Waals surface area contributed by atoms with Crippen LogP contribution in [0.25, 0.3) is 21.7 Å². The molecule has 0 spiro atoms. The molecule has 7 heteroatoms. The molecule has 3 aromatic carbocycles. The van der Waals surface area contributed by atoms with Gasteiger partial charge >= 0.3 is 5.63 Å². The fraction of sp³-hybridized carbons (Fsp3) is 0.160. The van der Waals surface area contributed by atoms with Crippen molar-refractivity contribution in [2.45, 2.75) is 18.9 Å². The third kappa shape index (κ3) is 4.62. The molecule has 4 rings (SSSR count). The van der Waals surface area contributed by atoms with E-state index in [1.54, 1.807) is 18.2 Å². The minimum Gasteiger partial charge on any atom is -0.497 e. The largest absolute Gasteiger partial charge is 0.497 e. The summed E-state index contributed by atoms with van der Waals surface area (Å²) in [7, 11) is 1.51.